The highest BCUT2D eigenvalue weighted by atomic mass is 79.9. The summed E-state index contributed by atoms with van der Waals surface area (Å²) in [6.45, 7) is 0.118. The first-order chi connectivity index (χ1) is 10.4. The molecule has 1 fully saturated rings. The van der Waals surface area contributed by atoms with Gasteiger partial charge in [0.25, 0.3) is 0 Å². The molecule has 1 amide bonds. The number of nitrogens with zero attached hydrogens (tertiary/aromatic N) is 1. The van der Waals surface area contributed by atoms with Crippen molar-refractivity contribution in [2.75, 3.05) is 17.2 Å². The summed E-state index contributed by atoms with van der Waals surface area (Å²) in [6, 6.07) is 3.46. The average Bonchev–Trinajstić information content (AvgIpc) is 2.65. The molecule has 2 N–H and O–H groups in total. The van der Waals surface area contributed by atoms with Gasteiger partial charge in [-0.15, -0.1) is 13.2 Å². The van der Waals surface area contributed by atoms with Crippen LogP contribution >= 0.6 is 15.9 Å². The summed E-state index contributed by atoms with van der Waals surface area (Å²) < 4.78 is 62.7. The fourth-order valence-corrected chi connectivity index (χ4v) is 3.81. The quantitative estimate of drug-likeness (QED) is 0.812. The van der Waals surface area contributed by atoms with Gasteiger partial charge in [-0.1, -0.05) is 0 Å². The molecule has 1 atom stereocenters. The maximum Gasteiger partial charge on any atom is 0.573 e. The van der Waals surface area contributed by atoms with Crippen molar-refractivity contribution in [3.63, 3.8) is 0 Å². The average molecular weight is 417 g/mol. The molecule has 0 aromatic heterocycles. The topological polar surface area (TPSA) is 89.7 Å². The fraction of sp³-hybridized carbons (Fsp3) is 0.417. The van der Waals surface area contributed by atoms with E-state index >= 15 is 0 Å². The van der Waals surface area contributed by atoms with Gasteiger partial charge in [-0.25, -0.2) is 13.6 Å². The Hall–Kier alpha value is -1.33. The molecular weight excluding hydrogens is 405 g/mol. The van der Waals surface area contributed by atoms with Gasteiger partial charge in [0.1, 0.15) is 5.75 Å². The monoisotopic (exact) mass is 416 g/mol. The third-order valence-corrected chi connectivity index (χ3v) is 4.69. The molecule has 2 rings (SSSR count). The maximum absolute atomic E-state index is 12.2. The zero-order valence-corrected chi connectivity index (χ0v) is 13.9. The SMILES string of the molecule is NS(=O)(=O)CC1CC(=O)N(c2ccc(OC(F)(F)F)cc2Br)C1. The number of benzene rings is 1. The molecule has 1 aromatic carbocycles. The van der Waals surface area contributed by atoms with Crippen molar-refractivity contribution >= 4 is 37.5 Å². The third-order valence-electron chi connectivity index (χ3n) is 3.12. The van der Waals surface area contributed by atoms with E-state index in [9.17, 15) is 26.4 Å². The lowest BCUT2D eigenvalue weighted by molar-refractivity contribution is -0.274. The molecule has 1 heterocycles. The van der Waals surface area contributed by atoms with Crippen molar-refractivity contribution in [3.05, 3.63) is 22.7 Å². The van der Waals surface area contributed by atoms with Crippen LogP contribution in [0.2, 0.25) is 0 Å². The van der Waals surface area contributed by atoms with Gasteiger partial charge >= 0.3 is 6.36 Å². The van der Waals surface area contributed by atoms with Gasteiger partial charge < -0.3 is 9.64 Å². The van der Waals surface area contributed by atoms with Gasteiger partial charge in [0.05, 0.1) is 11.4 Å². The number of amides is 1. The van der Waals surface area contributed by atoms with Crippen LogP contribution in [0.3, 0.4) is 0 Å². The Balaban J connectivity index is 2.17. The minimum atomic E-state index is -4.81. The highest BCUT2D eigenvalue weighted by molar-refractivity contribution is 9.10. The van der Waals surface area contributed by atoms with Crippen molar-refractivity contribution in [3.8, 4) is 5.75 Å². The van der Waals surface area contributed by atoms with E-state index < -0.39 is 28.1 Å². The molecule has 0 radical (unpaired) electrons. The maximum atomic E-state index is 12.2. The number of nitrogens with two attached hydrogens (primary N) is 1. The number of anilines is 1. The molecule has 1 saturated heterocycles. The first-order valence-electron chi connectivity index (χ1n) is 6.31. The Morgan fingerprint density at radius 1 is 1.39 bits per heavy atom. The van der Waals surface area contributed by atoms with Crippen LogP contribution in [0.25, 0.3) is 0 Å². The second-order valence-corrected chi connectivity index (χ2v) is 7.58. The van der Waals surface area contributed by atoms with Crippen LogP contribution in [0.1, 0.15) is 6.42 Å². The summed E-state index contributed by atoms with van der Waals surface area (Å²) in [5.41, 5.74) is 0.335. The summed E-state index contributed by atoms with van der Waals surface area (Å²) in [5.74, 6) is -1.55. The highest BCUT2D eigenvalue weighted by Crippen LogP contribution is 2.35. The highest BCUT2D eigenvalue weighted by Gasteiger charge is 2.34. The number of alkyl halides is 3. The lowest BCUT2D eigenvalue weighted by Gasteiger charge is -2.19. The van der Waals surface area contributed by atoms with E-state index in [1.165, 1.54) is 11.0 Å². The number of carbonyl (C=O) groups is 1. The number of ether oxygens (including phenoxy) is 1. The number of hydrogen-bond donors (Lipinski definition) is 1. The summed E-state index contributed by atoms with van der Waals surface area (Å²) in [6.07, 6.45) is -4.81. The van der Waals surface area contributed by atoms with Crippen LogP contribution in [0.5, 0.6) is 5.75 Å². The van der Waals surface area contributed by atoms with Crippen LogP contribution in [0.4, 0.5) is 18.9 Å². The Labute approximate surface area is 138 Å². The van der Waals surface area contributed by atoms with Crippen LogP contribution < -0.4 is 14.8 Å². The summed E-state index contributed by atoms with van der Waals surface area (Å²) in [7, 11) is -3.71. The molecule has 1 unspecified atom stereocenters. The zero-order valence-electron chi connectivity index (χ0n) is 11.5. The Kier molecular flexibility index (Phi) is 4.92. The molecule has 6 nitrogen and oxygen atoms in total. The smallest absolute Gasteiger partial charge is 0.406 e. The fourth-order valence-electron chi connectivity index (χ4n) is 2.36. The van der Waals surface area contributed by atoms with Crippen molar-refractivity contribution in [1.82, 2.24) is 0 Å². The first-order valence-corrected chi connectivity index (χ1v) is 8.81. The number of sulfonamides is 1. The minimum Gasteiger partial charge on any atom is -0.406 e. The lowest BCUT2D eigenvalue weighted by atomic mass is 10.1. The molecule has 0 aliphatic carbocycles. The van der Waals surface area contributed by atoms with Crippen LogP contribution in [0, 0.1) is 5.92 Å². The van der Waals surface area contributed by atoms with Gasteiger partial charge in [0.15, 0.2) is 0 Å². The second kappa shape index (κ2) is 6.29. The van der Waals surface area contributed by atoms with E-state index in [1.807, 2.05) is 0 Å². The number of carbonyl (C=O) groups excluding carboxylic acids is 1. The molecule has 0 spiro atoms. The minimum absolute atomic E-state index is 0.00364. The summed E-state index contributed by atoms with van der Waals surface area (Å²) >= 11 is 3.09. The molecule has 0 bridgehead atoms. The van der Waals surface area contributed by atoms with Gasteiger partial charge in [-0.2, -0.15) is 0 Å². The standard InChI is InChI=1S/C12H12BrF3N2O4S/c13-9-4-8(22-12(14,15)16)1-2-10(9)18-5-7(3-11(18)19)6-23(17,20)21/h1-2,4,7H,3,5-6H2,(H2,17,20,21). The van der Waals surface area contributed by atoms with Crippen LogP contribution in [-0.4, -0.2) is 33.0 Å². The number of hydrogen-bond acceptors (Lipinski definition) is 4. The summed E-state index contributed by atoms with van der Waals surface area (Å²) in [5, 5.41) is 4.96. The van der Waals surface area contributed by atoms with E-state index in [-0.39, 0.29) is 29.1 Å². The summed E-state index contributed by atoms with van der Waals surface area (Å²) in [4.78, 5) is 13.3. The first kappa shape index (κ1) is 18.0. The molecule has 1 aromatic rings. The molecule has 1 aliphatic heterocycles. The van der Waals surface area contributed by atoms with Crippen LogP contribution in [-0.2, 0) is 14.8 Å². The Bertz CT molecular complexity index is 724. The number of rotatable bonds is 4. The van der Waals surface area contributed by atoms with Crippen molar-refractivity contribution in [2.24, 2.45) is 11.1 Å². The molecule has 23 heavy (non-hydrogen) atoms. The molecular formula is C12H12BrF3N2O4S. The lowest BCUT2D eigenvalue weighted by Crippen LogP contribution is -2.27. The van der Waals surface area contributed by atoms with Gasteiger partial charge in [0.2, 0.25) is 15.9 Å². The van der Waals surface area contributed by atoms with Gasteiger partial charge in [0, 0.05) is 23.4 Å². The Morgan fingerprint density at radius 2 is 2.04 bits per heavy atom. The van der Waals surface area contributed by atoms with Crippen molar-refractivity contribution in [1.29, 1.82) is 0 Å². The number of primary sulfonamides is 1. The third kappa shape index (κ3) is 5.08. The second-order valence-electron chi connectivity index (χ2n) is 5.07. The number of halogens is 4. The zero-order chi connectivity index (χ0) is 17.4. The van der Waals surface area contributed by atoms with E-state index in [0.29, 0.717) is 5.69 Å². The van der Waals surface area contributed by atoms with E-state index in [0.717, 1.165) is 12.1 Å². The Morgan fingerprint density at radius 3 is 2.57 bits per heavy atom. The molecule has 1 aliphatic rings. The van der Waals surface area contributed by atoms with Crippen molar-refractivity contribution in [2.45, 2.75) is 12.8 Å². The predicted molar refractivity (Wildman–Crippen MR) is 79.3 cm³/mol. The van der Waals surface area contributed by atoms with Gasteiger partial charge in [-0.05, 0) is 34.1 Å². The van der Waals surface area contributed by atoms with E-state index in [1.54, 1.807) is 0 Å². The van der Waals surface area contributed by atoms with Gasteiger partial charge in [-0.3, -0.25) is 4.79 Å². The normalized spacial score (nSPS) is 19.3. The molecule has 128 valence electrons. The van der Waals surface area contributed by atoms with E-state index in [4.69, 9.17) is 5.14 Å². The molecule has 11 heteroatoms. The predicted octanol–water partition coefficient (Wildman–Crippen LogP) is 1.99. The molecule has 0 saturated carbocycles. The largest absolute Gasteiger partial charge is 0.573 e. The van der Waals surface area contributed by atoms with E-state index in [2.05, 4.69) is 20.7 Å². The van der Waals surface area contributed by atoms with Crippen LogP contribution in [0.15, 0.2) is 22.7 Å². The van der Waals surface area contributed by atoms with Crippen molar-refractivity contribution < 1.29 is 31.1 Å².